The minimum absolute atomic E-state index is 0.0774. The molecule has 0 radical (unpaired) electrons. The molecule has 0 spiro atoms. The largest absolute Gasteiger partial charge is 0.481 e. The predicted octanol–water partition coefficient (Wildman–Crippen LogP) is 2.89. The summed E-state index contributed by atoms with van der Waals surface area (Å²) >= 11 is 0. The lowest BCUT2D eigenvalue weighted by Crippen LogP contribution is -2.10. The summed E-state index contributed by atoms with van der Waals surface area (Å²) < 4.78 is 0. The van der Waals surface area contributed by atoms with Gasteiger partial charge in [0.1, 0.15) is 0 Å². The number of nitrogen functional groups attached to an aromatic ring is 1. The number of carbonyl (C=O) groups is 4. The highest BCUT2D eigenvalue weighted by atomic mass is 16.4. The van der Waals surface area contributed by atoms with Crippen LogP contribution in [0.15, 0.2) is 36.4 Å². The maximum atomic E-state index is 10.8. The Bertz CT molecular complexity index is 934. The fourth-order valence-electron chi connectivity index (χ4n) is 2.81. The van der Waals surface area contributed by atoms with Crippen molar-refractivity contribution in [3.8, 4) is 0 Å². The molecule has 2 rings (SSSR count). The second kappa shape index (κ2) is 11.5. The standard InChI is InChI=1S/C12H14O4.C11H13NO4/c1-7-3-4-9(8(2)12(15)16)5-10(7)6-11(13)14;1-6(11(15)16)7-2-3-9(12)8(4-7)5-10(13)14/h3-5,8H,6H2,1-2H3,(H,13,14)(H,15,16);2-4,6H,5,12H2,1H3,(H,13,14)(H,15,16). The number of carboxylic acid groups (broad SMARTS) is 4. The van der Waals surface area contributed by atoms with Gasteiger partial charge in [0.15, 0.2) is 0 Å². The first-order chi connectivity index (χ1) is 14.8. The van der Waals surface area contributed by atoms with E-state index in [1.54, 1.807) is 38.1 Å². The third-order valence-electron chi connectivity index (χ3n) is 4.96. The molecule has 0 fully saturated rings. The van der Waals surface area contributed by atoms with Gasteiger partial charge in [0.05, 0.1) is 24.7 Å². The summed E-state index contributed by atoms with van der Waals surface area (Å²) in [6.45, 7) is 4.93. The average Bonchev–Trinajstić information content (AvgIpc) is 2.69. The van der Waals surface area contributed by atoms with Crippen molar-refractivity contribution in [3.63, 3.8) is 0 Å². The molecule has 0 aliphatic heterocycles. The second-order valence-electron chi connectivity index (χ2n) is 7.41. The molecule has 2 aromatic rings. The molecule has 6 N–H and O–H groups in total. The molecule has 0 aromatic heterocycles. The van der Waals surface area contributed by atoms with Crippen molar-refractivity contribution in [3.05, 3.63) is 64.2 Å². The Morgan fingerprint density at radius 2 is 1.16 bits per heavy atom. The Kier molecular flexibility index (Phi) is 9.40. The van der Waals surface area contributed by atoms with Crippen molar-refractivity contribution in [2.24, 2.45) is 0 Å². The number of aryl methyl sites for hydroxylation is 1. The van der Waals surface area contributed by atoms with Crippen LogP contribution >= 0.6 is 0 Å². The second-order valence-corrected chi connectivity index (χ2v) is 7.41. The molecule has 32 heavy (non-hydrogen) atoms. The topological polar surface area (TPSA) is 175 Å². The molecule has 0 saturated heterocycles. The Morgan fingerprint density at radius 3 is 1.59 bits per heavy atom. The zero-order valence-corrected chi connectivity index (χ0v) is 18.0. The van der Waals surface area contributed by atoms with E-state index in [1.807, 2.05) is 6.92 Å². The molecule has 9 nitrogen and oxygen atoms in total. The van der Waals surface area contributed by atoms with E-state index in [1.165, 1.54) is 12.1 Å². The van der Waals surface area contributed by atoms with Gasteiger partial charge in [-0.25, -0.2) is 0 Å². The van der Waals surface area contributed by atoms with Gasteiger partial charge in [-0.2, -0.15) is 0 Å². The molecule has 2 unspecified atom stereocenters. The number of hydrogen-bond donors (Lipinski definition) is 5. The Morgan fingerprint density at radius 1 is 0.750 bits per heavy atom. The third kappa shape index (κ3) is 7.75. The minimum atomic E-state index is -0.994. The van der Waals surface area contributed by atoms with Crippen LogP contribution in [-0.2, 0) is 32.0 Å². The Labute approximate surface area is 185 Å². The highest BCUT2D eigenvalue weighted by Crippen LogP contribution is 2.22. The number of nitrogens with two attached hydrogens (primary N) is 1. The summed E-state index contributed by atoms with van der Waals surface area (Å²) in [7, 11) is 0. The lowest BCUT2D eigenvalue weighted by Gasteiger charge is -2.10. The summed E-state index contributed by atoms with van der Waals surface area (Å²) in [4.78, 5) is 42.8. The van der Waals surface area contributed by atoms with Gasteiger partial charge in [-0.15, -0.1) is 0 Å². The maximum absolute atomic E-state index is 10.8. The van der Waals surface area contributed by atoms with E-state index >= 15 is 0 Å². The number of benzene rings is 2. The van der Waals surface area contributed by atoms with E-state index in [-0.39, 0.29) is 12.8 Å². The molecule has 0 amide bonds. The van der Waals surface area contributed by atoms with Crippen LogP contribution in [0.3, 0.4) is 0 Å². The average molecular weight is 445 g/mol. The van der Waals surface area contributed by atoms with Crippen LogP contribution < -0.4 is 5.73 Å². The SMILES string of the molecule is CC(C(=O)O)c1ccc(N)c(CC(=O)O)c1.Cc1ccc(C(C)C(=O)O)cc1CC(=O)O. The first-order valence-corrected chi connectivity index (χ1v) is 9.70. The lowest BCUT2D eigenvalue weighted by atomic mass is 9.95. The van der Waals surface area contributed by atoms with E-state index in [0.717, 1.165) is 5.56 Å². The van der Waals surface area contributed by atoms with Gasteiger partial charge in [0, 0.05) is 5.69 Å². The van der Waals surface area contributed by atoms with Gasteiger partial charge in [-0.1, -0.05) is 30.3 Å². The Hall–Kier alpha value is -3.88. The van der Waals surface area contributed by atoms with Gasteiger partial charge >= 0.3 is 23.9 Å². The van der Waals surface area contributed by atoms with Crippen molar-refractivity contribution >= 4 is 29.6 Å². The Balaban J connectivity index is 0.000000320. The van der Waals surface area contributed by atoms with Crippen molar-refractivity contribution in [2.75, 3.05) is 5.73 Å². The van der Waals surface area contributed by atoms with E-state index in [9.17, 15) is 19.2 Å². The van der Waals surface area contributed by atoms with Crippen LogP contribution in [0.5, 0.6) is 0 Å². The van der Waals surface area contributed by atoms with Crippen molar-refractivity contribution in [1.82, 2.24) is 0 Å². The molecule has 172 valence electrons. The molecule has 9 heteroatoms. The van der Waals surface area contributed by atoms with Gasteiger partial charge < -0.3 is 26.2 Å². The highest BCUT2D eigenvalue weighted by Gasteiger charge is 2.16. The summed E-state index contributed by atoms with van der Waals surface area (Å²) in [5.74, 6) is -5.06. The minimum Gasteiger partial charge on any atom is -0.481 e. The zero-order chi connectivity index (χ0) is 24.6. The molecule has 0 aliphatic carbocycles. The van der Waals surface area contributed by atoms with Crippen LogP contribution in [0.25, 0.3) is 0 Å². The first kappa shape index (κ1) is 26.2. The van der Waals surface area contributed by atoms with Crippen LogP contribution in [0.1, 0.15) is 53.5 Å². The monoisotopic (exact) mass is 445 g/mol. The smallest absolute Gasteiger partial charge is 0.310 e. The van der Waals surface area contributed by atoms with Crippen molar-refractivity contribution in [2.45, 2.75) is 45.4 Å². The van der Waals surface area contributed by atoms with E-state index in [2.05, 4.69) is 0 Å². The molecule has 0 aliphatic rings. The normalized spacial score (nSPS) is 12.1. The molecular formula is C23H27NO8. The molecular weight excluding hydrogens is 418 g/mol. The molecule has 0 saturated carbocycles. The quantitative estimate of drug-likeness (QED) is 0.382. The van der Waals surface area contributed by atoms with Gasteiger partial charge in [-0.3, -0.25) is 19.2 Å². The van der Waals surface area contributed by atoms with Crippen LogP contribution in [0.2, 0.25) is 0 Å². The van der Waals surface area contributed by atoms with E-state index in [0.29, 0.717) is 27.9 Å². The maximum Gasteiger partial charge on any atom is 0.310 e. The van der Waals surface area contributed by atoms with Gasteiger partial charge in [0.2, 0.25) is 0 Å². The fraction of sp³-hybridized carbons (Fsp3) is 0.304. The number of anilines is 1. The van der Waals surface area contributed by atoms with Crippen molar-refractivity contribution in [1.29, 1.82) is 0 Å². The summed E-state index contributed by atoms with van der Waals surface area (Å²) in [6, 6.07) is 9.80. The number of carboxylic acids is 4. The highest BCUT2D eigenvalue weighted by molar-refractivity contribution is 5.77. The summed E-state index contributed by atoms with van der Waals surface area (Å²) in [6.07, 6.45) is -0.280. The fourth-order valence-corrected chi connectivity index (χ4v) is 2.81. The lowest BCUT2D eigenvalue weighted by molar-refractivity contribution is -0.139. The molecule has 0 heterocycles. The zero-order valence-electron chi connectivity index (χ0n) is 18.0. The first-order valence-electron chi connectivity index (χ1n) is 9.70. The summed E-state index contributed by atoms with van der Waals surface area (Å²) in [5.41, 5.74) is 9.13. The van der Waals surface area contributed by atoms with Crippen LogP contribution in [-0.4, -0.2) is 44.3 Å². The van der Waals surface area contributed by atoms with E-state index in [4.69, 9.17) is 26.2 Å². The van der Waals surface area contributed by atoms with Crippen LogP contribution in [0.4, 0.5) is 5.69 Å². The molecule has 2 aromatic carbocycles. The third-order valence-corrected chi connectivity index (χ3v) is 4.96. The molecule has 2 atom stereocenters. The van der Waals surface area contributed by atoms with Gasteiger partial charge in [-0.05, 0) is 54.7 Å². The number of aliphatic carboxylic acids is 4. The number of hydrogen-bond acceptors (Lipinski definition) is 5. The predicted molar refractivity (Wildman–Crippen MR) is 117 cm³/mol. The number of rotatable bonds is 8. The van der Waals surface area contributed by atoms with Crippen LogP contribution in [0, 0.1) is 6.92 Å². The van der Waals surface area contributed by atoms with Gasteiger partial charge in [0.25, 0.3) is 0 Å². The summed E-state index contributed by atoms with van der Waals surface area (Å²) in [5, 5.41) is 35.1. The van der Waals surface area contributed by atoms with Crippen molar-refractivity contribution < 1.29 is 39.6 Å². The molecule has 0 bridgehead atoms. The van der Waals surface area contributed by atoms with E-state index < -0.39 is 35.7 Å².